The lowest BCUT2D eigenvalue weighted by Crippen LogP contribution is -2.43. The number of rotatable bonds is 11. The van der Waals surface area contributed by atoms with Gasteiger partial charge in [0.2, 0.25) is 11.8 Å². The fraction of sp³-hybridized carbons (Fsp3) is 0.650. The molecule has 152 valence electrons. The minimum absolute atomic E-state index is 0.00302. The Kier molecular flexibility index (Phi) is 6.70. The van der Waals surface area contributed by atoms with Gasteiger partial charge in [-0.1, -0.05) is 18.1 Å². The maximum atomic E-state index is 12.0. The zero-order valence-electron chi connectivity index (χ0n) is 15.6. The highest BCUT2D eigenvalue weighted by atomic mass is 16.7. The molecule has 8 heteroatoms. The van der Waals surface area contributed by atoms with E-state index in [1.807, 2.05) is 6.08 Å². The molecule has 3 heterocycles. The van der Waals surface area contributed by atoms with Gasteiger partial charge in [-0.2, -0.15) is 0 Å². The highest BCUT2D eigenvalue weighted by Crippen LogP contribution is 2.54. The van der Waals surface area contributed by atoms with Crippen LogP contribution < -0.4 is 10.6 Å². The van der Waals surface area contributed by atoms with Crippen LogP contribution in [0.4, 0.5) is 0 Å². The van der Waals surface area contributed by atoms with Crippen molar-refractivity contribution in [3.05, 3.63) is 12.2 Å². The number of nitrogens with one attached hydrogen (secondary N) is 2. The Hall–Kier alpha value is -2.37. The van der Waals surface area contributed by atoms with Gasteiger partial charge in [-0.05, 0) is 25.2 Å². The number of amides is 2. The summed E-state index contributed by atoms with van der Waals surface area (Å²) in [6, 6.07) is 0. The Labute approximate surface area is 164 Å². The summed E-state index contributed by atoms with van der Waals surface area (Å²) in [5.41, 5.74) is 0. The van der Waals surface area contributed by atoms with Gasteiger partial charge in [-0.15, -0.1) is 6.42 Å². The predicted octanol–water partition coefficient (Wildman–Crippen LogP) is 0.224. The summed E-state index contributed by atoms with van der Waals surface area (Å²) in [5.74, 6) is 1.25. The number of epoxide rings is 1. The highest BCUT2D eigenvalue weighted by Gasteiger charge is 2.68. The minimum atomic E-state index is -0.780. The maximum absolute atomic E-state index is 12.0. The Bertz CT molecular complexity index is 685. The third-order valence-electron chi connectivity index (χ3n) is 5.50. The molecule has 3 fully saturated rings. The fourth-order valence-electron chi connectivity index (χ4n) is 4.12. The molecule has 3 N–H and O–H groups in total. The minimum Gasteiger partial charge on any atom is -0.481 e. The van der Waals surface area contributed by atoms with E-state index in [4.69, 9.17) is 21.0 Å². The zero-order chi connectivity index (χ0) is 20.1. The Morgan fingerprint density at radius 2 is 1.71 bits per heavy atom. The van der Waals surface area contributed by atoms with Crippen molar-refractivity contribution in [1.29, 1.82) is 0 Å². The molecule has 3 aliphatic rings. The van der Waals surface area contributed by atoms with Crippen molar-refractivity contribution >= 4 is 17.8 Å². The summed E-state index contributed by atoms with van der Waals surface area (Å²) < 4.78 is 11.7. The van der Waals surface area contributed by atoms with Crippen LogP contribution in [-0.4, -0.2) is 60.4 Å². The lowest BCUT2D eigenvalue weighted by atomic mass is 9.77. The normalized spacial score (nSPS) is 32.0. The number of terminal acetylenes is 1. The molecule has 3 rings (SSSR count). The van der Waals surface area contributed by atoms with Crippen molar-refractivity contribution < 1.29 is 29.0 Å². The average molecular weight is 390 g/mol. The summed E-state index contributed by atoms with van der Waals surface area (Å²) in [6.07, 6.45) is 11.8. The number of aliphatic carboxylic acids is 1. The lowest BCUT2D eigenvalue weighted by Gasteiger charge is -2.25. The zero-order valence-corrected chi connectivity index (χ0v) is 15.6. The number of fused-ring (bicyclic) bond motifs is 5. The van der Waals surface area contributed by atoms with Crippen molar-refractivity contribution in [2.75, 3.05) is 13.1 Å². The van der Waals surface area contributed by atoms with E-state index < -0.39 is 5.97 Å². The molecule has 0 aromatic rings. The molecule has 0 aromatic heterocycles. The van der Waals surface area contributed by atoms with Crippen molar-refractivity contribution in [3.8, 4) is 12.3 Å². The van der Waals surface area contributed by atoms with Crippen LogP contribution in [0.2, 0.25) is 0 Å². The van der Waals surface area contributed by atoms with E-state index in [0.29, 0.717) is 13.0 Å². The molecule has 0 radical (unpaired) electrons. The maximum Gasteiger partial charge on any atom is 0.303 e. The largest absolute Gasteiger partial charge is 0.481 e. The SMILES string of the molecule is C#CCC(=O)NCC(=O)NC[C@@H]1[C@H](CC=CCCCC(=O)O)[C@H]2O[C@@H]1[C@H]1O[C@H]12. The number of hydrogen-bond acceptors (Lipinski definition) is 5. The first kappa shape index (κ1) is 20.4. The second-order valence-electron chi connectivity index (χ2n) is 7.41. The van der Waals surface area contributed by atoms with Gasteiger partial charge >= 0.3 is 5.97 Å². The molecular formula is C20H26N2O6. The van der Waals surface area contributed by atoms with Gasteiger partial charge in [-0.3, -0.25) is 14.4 Å². The summed E-state index contributed by atoms with van der Waals surface area (Å²) in [6.45, 7) is 0.369. The van der Waals surface area contributed by atoms with Crippen LogP contribution in [0.15, 0.2) is 12.2 Å². The monoisotopic (exact) mass is 390 g/mol. The molecule has 2 amide bonds. The quantitative estimate of drug-likeness (QED) is 0.201. The standard InChI is InChI=1S/C20H26N2O6/c1-2-7-14(23)22-11-15(24)21-10-13-12(8-5-3-4-6-9-16(25)26)17-19-20(28-19)18(13)27-17/h1,3,5,12-13,17-20H,4,6-11H2,(H,21,24)(H,22,23)(H,25,26)/t12-,13+,17+,18-,19-,20+/m0/s1. The summed E-state index contributed by atoms with van der Waals surface area (Å²) in [7, 11) is 0. The first-order valence-electron chi connectivity index (χ1n) is 9.66. The highest BCUT2D eigenvalue weighted by molar-refractivity contribution is 5.85. The van der Waals surface area contributed by atoms with Crippen LogP contribution >= 0.6 is 0 Å². The number of hydrogen-bond donors (Lipinski definition) is 3. The second kappa shape index (κ2) is 9.22. The van der Waals surface area contributed by atoms with Crippen LogP contribution in [0.1, 0.15) is 32.1 Å². The molecule has 3 saturated heterocycles. The predicted molar refractivity (Wildman–Crippen MR) is 99.0 cm³/mol. The molecular weight excluding hydrogens is 364 g/mol. The van der Waals surface area contributed by atoms with Crippen LogP contribution in [-0.2, 0) is 23.9 Å². The fourth-order valence-corrected chi connectivity index (χ4v) is 4.12. The number of unbranched alkanes of at least 4 members (excludes halogenated alkanes) is 1. The number of carbonyl (C=O) groups excluding carboxylic acids is 2. The van der Waals surface area contributed by atoms with Gasteiger partial charge in [0.1, 0.15) is 12.2 Å². The molecule has 0 saturated carbocycles. The summed E-state index contributed by atoms with van der Waals surface area (Å²) >= 11 is 0. The third kappa shape index (κ3) is 4.91. The van der Waals surface area contributed by atoms with Crippen molar-refractivity contribution in [1.82, 2.24) is 10.6 Å². The van der Waals surface area contributed by atoms with Crippen molar-refractivity contribution in [3.63, 3.8) is 0 Å². The van der Waals surface area contributed by atoms with E-state index in [9.17, 15) is 14.4 Å². The number of carboxylic acid groups (broad SMARTS) is 1. The Morgan fingerprint density at radius 3 is 2.43 bits per heavy atom. The molecule has 0 spiro atoms. The van der Waals surface area contributed by atoms with Gasteiger partial charge in [0.05, 0.1) is 25.2 Å². The molecule has 3 aliphatic heterocycles. The van der Waals surface area contributed by atoms with Crippen molar-refractivity contribution in [2.24, 2.45) is 11.8 Å². The second-order valence-corrected chi connectivity index (χ2v) is 7.41. The van der Waals surface area contributed by atoms with Gasteiger partial charge in [0.15, 0.2) is 0 Å². The van der Waals surface area contributed by atoms with Gasteiger partial charge in [0, 0.05) is 18.9 Å². The lowest BCUT2D eigenvalue weighted by molar-refractivity contribution is -0.137. The van der Waals surface area contributed by atoms with E-state index >= 15 is 0 Å². The smallest absolute Gasteiger partial charge is 0.303 e. The number of allylic oxidation sites excluding steroid dienone is 2. The van der Waals surface area contributed by atoms with Gasteiger partial charge in [0.25, 0.3) is 0 Å². The van der Waals surface area contributed by atoms with Crippen LogP contribution in [0.5, 0.6) is 0 Å². The van der Waals surface area contributed by atoms with Gasteiger partial charge in [-0.25, -0.2) is 0 Å². The number of carboxylic acids is 1. The summed E-state index contributed by atoms with van der Waals surface area (Å²) in [4.78, 5) is 33.9. The topological polar surface area (TPSA) is 117 Å². The van der Waals surface area contributed by atoms with E-state index in [1.165, 1.54) is 0 Å². The molecule has 0 aromatic carbocycles. The number of ether oxygens (including phenoxy) is 2. The summed E-state index contributed by atoms with van der Waals surface area (Å²) in [5, 5.41) is 14.0. The molecule has 28 heavy (non-hydrogen) atoms. The molecule has 0 aliphatic carbocycles. The number of carbonyl (C=O) groups is 3. The van der Waals surface area contributed by atoms with E-state index in [0.717, 1.165) is 12.8 Å². The first-order valence-corrected chi connectivity index (χ1v) is 9.66. The van der Waals surface area contributed by atoms with Crippen LogP contribution in [0.25, 0.3) is 0 Å². The van der Waals surface area contributed by atoms with E-state index in [1.54, 1.807) is 0 Å². The first-order chi connectivity index (χ1) is 13.5. The van der Waals surface area contributed by atoms with Crippen LogP contribution in [0, 0.1) is 24.2 Å². The molecule has 8 nitrogen and oxygen atoms in total. The van der Waals surface area contributed by atoms with E-state index in [2.05, 4.69) is 22.6 Å². The van der Waals surface area contributed by atoms with E-state index in [-0.39, 0.29) is 67.5 Å². The Morgan fingerprint density at radius 1 is 1.00 bits per heavy atom. The molecule has 0 unspecified atom stereocenters. The third-order valence-corrected chi connectivity index (χ3v) is 5.50. The molecule has 2 bridgehead atoms. The van der Waals surface area contributed by atoms with Crippen LogP contribution in [0.3, 0.4) is 0 Å². The van der Waals surface area contributed by atoms with Crippen molar-refractivity contribution in [2.45, 2.75) is 56.5 Å². The van der Waals surface area contributed by atoms with Gasteiger partial charge < -0.3 is 25.2 Å². The Balaban J connectivity index is 1.43. The molecule has 6 atom stereocenters. The average Bonchev–Trinajstić information content (AvgIpc) is 3.28.